The van der Waals surface area contributed by atoms with Crippen LogP contribution in [0.2, 0.25) is 0 Å². The molecule has 1 amide bonds. The number of rotatable bonds is 13. The maximum Gasteiger partial charge on any atom is 0.308 e. The Hall–Kier alpha value is -4.61. The number of nitrogens with one attached hydrogen (secondary N) is 1. The Morgan fingerprint density at radius 2 is 1.31 bits per heavy atom. The number of hydrogen-bond donors (Lipinski definition) is 1. The van der Waals surface area contributed by atoms with Crippen molar-refractivity contribution in [1.29, 1.82) is 0 Å². The van der Waals surface area contributed by atoms with Crippen molar-refractivity contribution in [2.75, 3.05) is 13.7 Å². The molecule has 4 unspecified atom stereocenters. The number of aromatic nitrogens is 1. The van der Waals surface area contributed by atoms with E-state index in [2.05, 4.69) is 10.3 Å². The highest BCUT2D eigenvalue weighted by atomic mass is 16.6. The Labute approximate surface area is 262 Å². The van der Waals surface area contributed by atoms with Crippen LogP contribution >= 0.6 is 0 Å². The van der Waals surface area contributed by atoms with Gasteiger partial charge in [-0.15, -0.1) is 0 Å². The summed E-state index contributed by atoms with van der Waals surface area (Å²) in [4.78, 5) is 29.7. The minimum atomic E-state index is -0.961. The molecular weight excluding hydrogens is 576 g/mol. The van der Waals surface area contributed by atoms with Crippen molar-refractivity contribution >= 4 is 11.9 Å². The van der Waals surface area contributed by atoms with Gasteiger partial charge in [0.15, 0.2) is 17.7 Å². The van der Waals surface area contributed by atoms with Gasteiger partial charge >= 0.3 is 5.97 Å². The smallest absolute Gasteiger partial charge is 0.308 e. The summed E-state index contributed by atoms with van der Waals surface area (Å²) in [6, 6.07) is 30.8. The van der Waals surface area contributed by atoms with Crippen LogP contribution in [-0.4, -0.2) is 55.1 Å². The van der Waals surface area contributed by atoms with E-state index in [4.69, 9.17) is 28.4 Å². The molecule has 5 rings (SSSR count). The molecule has 234 valence electrons. The summed E-state index contributed by atoms with van der Waals surface area (Å²) in [5.74, 6) is -1.18. The predicted molar refractivity (Wildman–Crippen MR) is 164 cm³/mol. The van der Waals surface area contributed by atoms with Crippen LogP contribution in [-0.2, 0) is 43.6 Å². The molecular formula is C35H36N2O8. The van der Waals surface area contributed by atoms with Crippen LogP contribution in [0, 0.1) is 0 Å². The number of pyridine rings is 1. The summed E-state index contributed by atoms with van der Waals surface area (Å²) >= 11 is 0. The number of benzene rings is 3. The molecule has 4 atom stereocenters. The number of amides is 1. The average molecular weight is 613 g/mol. The van der Waals surface area contributed by atoms with Gasteiger partial charge in [-0.25, -0.2) is 4.98 Å². The van der Waals surface area contributed by atoms with E-state index in [0.29, 0.717) is 6.61 Å². The molecule has 0 saturated carbocycles. The van der Waals surface area contributed by atoms with Crippen molar-refractivity contribution < 1.29 is 38.0 Å². The van der Waals surface area contributed by atoms with Gasteiger partial charge in [0.1, 0.15) is 18.3 Å². The Morgan fingerprint density at radius 3 is 1.84 bits per heavy atom. The van der Waals surface area contributed by atoms with E-state index in [9.17, 15) is 9.59 Å². The van der Waals surface area contributed by atoms with E-state index in [-0.39, 0.29) is 37.0 Å². The van der Waals surface area contributed by atoms with Crippen molar-refractivity contribution in [3.63, 3.8) is 0 Å². The van der Waals surface area contributed by atoms with Crippen molar-refractivity contribution in [2.24, 2.45) is 0 Å². The standard InChI is InChI=1S/C35H36N2O8/c1-24(38)45-31-28(40-2)18-19-36-30(31)34(39)37-35-33(43-22-27-16-10-5-11-17-27)32(42-21-26-14-8-4-9-15-26)29(23-44-35)41-20-25-12-6-3-7-13-25/h3-19,29,32-33,35H,20-23H2,1-2H3,(H,37,39). The van der Waals surface area contributed by atoms with Crippen LogP contribution in [0.15, 0.2) is 103 Å². The lowest BCUT2D eigenvalue weighted by molar-refractivity contribution is -0.241. The van der Waals surface area contributed by atoms with Crippen LogP contribution in [0.4, 0.5) is 0 Å². The van der Waals surface area contributed by atoms with E-state index in [1.165, 1.54) is 26.3 Å². The second-order valence-electron chi connectivity index (χ2n) is 10.4. The largest absolute Gasteiger partial charge is 0.493 e. The van der Waals surface area contributed by atoms with Crippen LogP contribution in [0.5, 0.6) is 11.5 Å². The zero-order valence-electron chi connectivity index (χ0n) is 25.2. The van der Waals surface area contributed by atoms with Crippen molar-refractivity contribution in [3.8, 4) is 11.5 Å². The minimum Gasteiger partial charge on any atom is -0.493 e. The third kappa shape index (κ3) is 8.74. The number of esters is 1. The lowest BCUT2D eigenvalue weighted by Crippen LogP contribution is -2.61. The molecule has 0 radical (unpaired) electrons. The van der Waals surface area contributed by atoms with E-state index >= 15 is 0 Å². The van der Waals surface area contributed by atoms with Gasteiger partial charge in [0.25, 0.3) is 5.91 Å². The van der Waals surface area contributed by atoms with Gasteiger partial charge in [0.05, 0.1) is 33.5 Å². The Morgan fingerprint density at radius 1 is 0.778 bits per heavy atom. The zero-order valence-corrected chi connectivity index (χ0v) is 25.2. The summed E-state index contributed by atoms with van der Waals surface area (Å²) in [7, 11) is 1.41. The first-order chi connectivity index (χ1) is 22.0. The Bertz CT molecular complexity index is 1520. The predicted octanol–water partition coefficient (Wildman–Crippen LogP) is 4.86. The van der Waals surface area contributed by atoms with E-state index in [0.717, 1.165) is 16.7 Å². The van der Waals surface area contributed by atoms with Gasteiger partial charge < -0.3 is 33.7 Å². The fourth-order valence-corrected chi connectivity index (χ4v) is 4.93. The summed E-state index contributed by atoms with van der Waals surface area (Å²) in [6.07, 6.45) is -1.52. The van der Waals surface area contributed by atoms with Crippen molar-refractivity contribution in [2.45, 2.75) is 51.3 Å². The number of nitrogens with zero attached hydrogens (tertiary/aromatic N) is 1. The summed E-state index contributed by atoms with van der Waals surface area (Å²) in [5.41, 5.74) is 2.76. The number of carbonyl (C=O) groups is 2. The van der Waals surface area contributed by atoms with Gasteiger partial charge in [-0.2, -0.15) is 0 Å². The van der Waals surface area contributed by atoms with Gasteiger partial charge in [0, 0.05) is 19.2 Å². The first-order valence-electron chi connectivity index (χ1n) is 14.6. The Balaban J connectivity index is 1.43. The van der Waals surface area contributed by atoms with Crippen LogP contribution in [0.25, 0.3) is 0 Å². The number of hydrogen-bond acceptors (Lipinski definition) is 9. The molecule has 1 N–H and O–H groups in total. The topological polar surface area (TPSA) is 114 Å². The quantitative estimate of drug-likeness (QED) is 0.212. The number of carbonyl (C=O) groups excluding carboxylic acids is 2. The normalized spacial score (nSPS) is 19.4. The molecule has 1 saturated heterocycles. The molecule has 1 fully saturated rings. The third-order valence-electron chi connectivity index (χ3n) is 7.13. The van der Waals surface area contributed by atoms with E-state index in [1.807, 2.05) is 91.0 Å². The van der Waals surface area contributed by atoms with Crippen LogP contribution in [0.3, 0.4) is 0 Å². The molecule has 1 aliphatic heterocycles. The second-order valence-corrected chi connectivity index (χ2v) is 10.4. The highest BCUT2D eigenvalue weighted by molar-refractivity contribution is 5.96. The highest BCUT2D eigenvalue weighted by Gasteiger charge is 2.44. The summed E-state index contributed by atoms with van der Waals surface area (Å²) in [5, 5.41) is 2.88. The average Bonchev–Trinajstić information content (AvgIpc) is 3.07. The van der Waals surface area contributed by atoms with Crippen LogP contribution < -0.4 is 14.8 Å². The molecule has 0 spiro atoms. The fraction of sp³-hybridized carbons (Fsp3) is 0.286. The van der Waals surface area contributed by atoms with Gasteiger partial charge in [-0.3, -0.25) is 9.59 Å². The van der Waals surface area contributed by atoms with Crippen LogP contribution in [0.1, 0.15) is 34.1 Å². The van der Waals surface area contributed by atoms with Gasteiger partial charge in [-0.1, -0.05) is 91.0 Å². The third-order valence-corrected chi connectivity index (χ3v) is 7.13. The number of methoxy groups -OCH3 is 1. The first kappa shape index (κ1) is 31.8. The Kier molecular flexibility index (Phi) is 11.3. The molecule has 10 nitrogen and oxygen atoms in total. The van der Waals surface area contributed by atoms with Gasteiger partial charge in [-0.05, 0) is 16.7 Å². The number of ether oxygens (including phenoxy) is 6. The molecule has 2 heterocycles. The van der Waals surface area contributed by atoms with Gasteiger partial charge in [0.2, 0.25) is 5.75 Å². The maximum absolute atomic E-state index is 13.7. The summed E-state index contributed by atoms with van der Waals surface area (Å²) in [6.45, 7) is 2.20. The lowest BCUT2D eigenvalue weighted by Gasteiger charge is -2.42. The lowest BCUT2D eigenvalue weighted by atomic mass is 10.0. The maximum atomic E-state index is 13.7. The van der Waals surface area contributed by atoms with Crippen molar-refractivity contribution in [1.82, 2.24) is 10.3 Å². The first-order valence-corrected chi connectivity index (χ1v) is 14.6. The molecule has 0 aliphatic carbocycles. The van der Waals surface area contributed by atoms with E-state index < -0.39 is 36.4 Å². The molecule has 1 aromatic heterocycles. The SMILES string of the molecule is COc1ccnc(C(=O)NC2OCC(OCc3ccccc3)C(OCc3ccccc3)C2OCc2ccccc2)c1OC(C)=O. The van der Waals surface area contributed by atoms with Crippen molar-refractivity contribution in [3.05, 3.63) is 126 Å². The highest BCUT2D eigenvalue weighted by Crippen LogP contribution is 2.31. The summed E-state index contributed by atoms with van der Waals surface area (Å²) < 4.78 is 36.2. The molecule has 4 aromatic rings. The molecule has 1 aliphatic rings. The molecule has 3 aromatic carbocycles. The van der Waals surface area contributed by atoms with E-state index in [1.54, 1.807) is 0 Å². The zero-order chi connectivity index (χ0) is 31.4. The monoisotopic (exact) mass is 612 g/mol. The minimum absolute atomic E-state index is 0.0940. The molecule has 45 heavy (non-hydrogen) atoms. The fourth-order valence-electron chi connectivity index (χ4n) is 4.93. The molecule has 10 heteroatoms. The molecule has 0 bridgehead atoms. The second kappa shape index (κ2) is 15.9.